The van der Waals surface area contributed by atoms with Gasteiger partial charge in [-0.05, 0) is 44.0 Å². The first kappa shape index (κ1) is 15.8. The third-order valence-electron chi connectivity index (χ3n) is 3.76. The standard InChI is InChI=1S/C15H19F3N2O/c1-10(20-14(21)12-3-2-8-19-9-12)11-4-6-13(7-5-11)15(16,17)18/h4-7,10,12,19H,2-3,8-9H2,1H3,(H,20,21)/t10?,12-/m1/s1. The van der Waals surface area contributed by atoms with E-state index in [0.29, 0.717) is 12.1 Å². The van der Waals surface area contributed by atoms with E-state index in [0.717, 1.165) is 31.5 Å². The lowest BCUT2D eigenvalue weighted by atomic mass is 9.97. The highest BCUT2D eigenvalue weighted by Gasteiger charge is 2.30. The Morgan fingerprint density at radius 2 is 2.00 bits per heavy atom. The summed E-state index contributed by atoms with van der Waals surface area (Å²) < 4.78 is 37.5. The van der Waals surface area contributed by atoms with Crippen LogP contribution in [0.2, 0.25) is 0 Å². The van der Waals surface area contributed by atoms with Crippen molar-refractivity contribution in [1.29, 1.82) is 0 Å². The molecule has 1 aliphatic heterocycles. The van der Waals surface area contributed by atoms with Crippen molar-refractivity contribution in [3.8, 4) is 0 Å². The maximum atomic E-state index is 12.5. The summed E-state index contributed by atoms with van der Waals surface area (Å²) in [7, 11) is 0. The van der Waals surface area contributed by atoms with Crippen LogP contribution >= 0.6 is 0 Å². The van der Waals surface area contributed by atoms with Crippen LogP contribution in [0.1, 0.15) is 36.9 Å². The second-order valence-electron chi connectivity index (χ2n) is 5.39. The van der Waals surface area contributed by atoms with Gasteiger partial charge in [-0.25, -0.2) is 0 Å². The van der Waals surface area contributed by atoms with Gasteiger partial charge in [-0.3, -0.25) is 4.79 Å². The molecule has 1 unspecified atom stereocenters. The number of carbonyl (C=O) groups is 1. The minimum atomic E-state index is -4.33. The lowest BCUT2D eigenvalue weighted by Gasteiger charge is -2.24. The van der Waals surface area contributed by atoms with Crippen molar-refractivity contribution >= 4 is 5.91 Å². The van der Waals surface area contributed by atoms with Gasteiger partial charge in [0.2, 0.25) is 5.91 Å². The zero-order chi connectivity index (χ0) is 15.5. The molecule has 2 rings (SSSR count). The fraction of sp³-hybridized carbons (Fsp3) is 0.533. The van der Waals surface area contributed by atoms with Crippen LogP contribution in [0.5, 0.6) is 0 Å². The van der Waals surface area contributed by atoms with Gasteiger partial charge in [0, 0.05) is 6.54 Å². The Hall–Kier alpha value is -1.56. The summed E-state index contributed by atoms with van der Waals surface area (Å²) in [5, 5.41) is 6.03. The smallest absolute Gasteiger partial charge is 0.349 e. The monoisotopic (exact) mass is 300 g/mol. The van der Waals surface area contributed by atoms with Crippen LogP contribution < -0.4 is 10.6 Å². The van der Waals surface area contributed by atoms with Gasteiger partial charge in [0.15, 0.2) is 0 Å². The van der Waals surface area contributed by atoms with Crippen LogP contribution in [0.15, 0.2) is 24.3 Å². The van der Waals surface area contributed by atoms with Crippen molar-refractivity contribution in [2.45, 2.75) is 32.0 Å². The van der Waals surface area contributed by atoms with Crippen LogP contribution in [-0.4, -0.2) is 19.0 Å². The Morgan fingerprint density at radius 1 is 1.33 bits per heavy atom. The maximum absolute atomic E-state index is 12.5. The van der Waals surface area contributed by atoms with Crippen molar-refractivity contribution in [2.75, 3.05) is 13.1 Å². The predicted octanol–water partition coefficient (Wildman–Crippen LogP) is 2.88. The molecule has 3 nitrogen and oxygen atoms in total. The van der Waals surface area contributed by atoms with Gasteiger partial charge >= 0.3 is 6.18 Å². The van der Waals surface area contributed by atoms with Gasteiger partial charge in [0.1, 0.15) is 0 Å². The summed E-state index contributed by atoms with van der Waals surface area (Å²) in [5.74, 6) is -0.106. The summed E-state index contributed by atoms with van der Waals surface area (Å²) in [4.78, 5) is 12.1. The minimum absolute atomic E-state index is 0.0467. The molecule has 116 valence electrons. The molecule has 0 saturated carbocycles. The summed E-state index contributed by atoms with van der Waals surface area (Å²) in [6.07, 6.45) is -2.52. The maximum Gasteiger partial charge on any atom is 0.416 e. The molecule has 1 aliphatic rings. The van der Waals surface area contributed by atoms with Gasteiger partial charge in [-0.1, -0.05) is 12.1 Å². The number of rotatable bonds is 3. The minimum Gasteiger partial charge on any atom is -0.349 e. The normalized spacial score (nSPS) is 20.9. The molecule has 1 heterocycles. The van der Waals surface area contributed by atoms with Crippen LogP contribution in [0.4, 0.5) is 13.2 Å². The Balaban J connectivity index is 1.96. The SMILES string of the molecule is CC(NC(=O)[C@@H]1CCCNC1)c1ccc(C(F)(F)F)cc1. The van der Waals surface area contributed by atoms with Crippen molar-refractivity contribution in [3.05, 3.63) is 35.4 Å². The van der Waals surface area contributed by atoms with E-state index in [1.54, 1.807) is 6.92 Å². The van der Waals surface area contributed by atoms with E-state index in [1.165, 1.54) is 12.1 Å². The molecule has 0 bridgehead atoms. The van der Waals surface area contributed by atoms with E-state index in [1.807, 2.05) is 0 Å². The topological polar surface area (TPSA) is 41.1 Å². The van der Waals surface area contributed by atoms with Crippen molar-refractivity contribution in [3.63, 3.8) is 0 Å². The number of halogens is 3. The van der Waals surface area contributed by atoms with Gasteiger partial charge in [0.25, 0.3) is 0 Å². The first-order valence-corrected chi connectivity index (χ1v) is 7.06. The van der Waals surface area contributed by atoms with E-state index in [4.69, 9.17) is 0 Å². The molecule has 0 radical (unpaired) electrons. The number of amides is 1. The first-order valence-electron chi connectivity index (χ1n) is 7.06. The van der Waals surface area contributed by atoms with E-state index in [-0.39, 0.29) is 17.9 Å². The highest BCUT2D eigenvalue weighted by Crippen LogP contribution is 2.29. The number of benzene rings is 1. The van der Waals surface area contributed by atoms with E-state index in [9.17, 15) is 18.0 Å². The molecular weight excluding hydrogens is 281 g/mol. The van der Waals surface area contributed by atoms with Crippen molar-refractivity contribution in [1.82, 2.24) is 10.6 Å². The average molecular weight is 300 g/mol. The molecule has 6 heteroatoms. The molecule has 1 aromatic rings. The lowest BCUT2D eigenvalue weighted by Crippen LogP contribution is -2.41. The fourth-order valence-corrected chi connectivity index (χ4v) is 2.45. The zero-order valence-electron chi connectivity index (χ0n) is 11.8. The Labute approximate surface area is 121 Å². The molecule has 0 aromatic heterocycles. The van der Waals surface area contributed by atoms with Gasteiger partial charge < -0.3 is 10.6 Å². The van der Waals surface area contributed by atoms with Crippen molar-refractivity contribution < 1.29 is 18.0 Å². The van der Waals surface area contributed by atoms with Crippen LogP contribution in [0, 0.1) is 5.92 Å². The molecule has 1 fully saturated rings. The molecule has 0 spiro atoms. The third-order valence-corrected chi connectivity index (χ3v) is 3.76. The number of hydrogen-bond acceptors (Lipinski definition) is 2. The Morgan fingerprint density at radius 3 is 2.52 bits per heavy atom. The van der Waals surface area contributed by atoms with E-state index < -0.39 is 11.7 Å². The molecule has 2 N–H and O–H groups in total. The molecule has 1 amide bonds. The largest absolute Gasteiger partial charge is 0.416 e. The molecule has 2 atom stereocenters. The molecule has 1 aromatic carbocycles. The number of piperidine rings is 1. The zero-order valence-corrected chi connectivity index (χ0v) is 11.8. The molecule has 1 saturated heterocycles. The van der Waals surface area contributed by atoms with Gasteiger partial charge in [-0.15, -0.1) is 0 Å². The molecular formula is C15H19F3N2O. The second kappa shape index (κ2) is 6.47. The Bertz CT molecular complexity index is 479. The summed E-state index contributed by atoms with van der Waals surface area (Å²) in [6.45, 7) is 3.36. The summed E-state index contributed by atoms with van der Waals surface area (Å²) in [6, 6.07) is 4.60. The average Bonchev–Trinajstić information content (AvgIpc) is 2.47. The second-order valence-corrected chi connectivity index (χ2v) is 5.39. The van der Waals surface area contributed by atoms with Crippen LogP contribution in [-0.2, 0) is 11.0 Å². The van der Waals surface area contributed by atoms with Crippen LogP contribution in [0.3, 0.4) is 0 Å². The van der Waals surface area contributed by atoms with Gasteiger partial charge in [-0.2, -0.15) is 13.2 Å². The first-order chi connectivity index (χ1) is 9.88. The number of alkyl halides is 3. The van der Waals surface area contributed by atoms with Crippen LogP contribution in [0.25, 0.3) is 0 Å². The summed E-state index contributed by atoms with van der Waals surface area (Å²) >= 11 is 0. The summed E-state index contributed by atoms with van der Waals surface area (Å²) in [5.41, 5.74) is -0.0126. The number of nitrogens with one attached hydrogen (secondary N) is 2. The fourth-order valence-electron chi connectivity index (χ4n) is 2.45. The third kappa shape index (κ3) is 4.20. The van der Waals surface area contributed by atoms with E-state index >= 15 is 0 Å². The van der Waals surface area contributed by atoms with Gasteiger partial charge in [0.05, 0.1) is 17.5 Å². The molecule has 21 heavy (non-hydrogen) atoms. The van der Waals surface area contributed by atoms with Crippen molar-refractivity contribution in [2.24, 2.45) is 5.92 Å². The molecule has 0 aliphatic carbocycles. The van der Waals surface area contributed by atoms with E-state index in [2.05, 4.69) is 10.6 Å². The Kier molecular flexibility index (Phi) is 4.88. The number of carbonyl (C=O) groups excluding carboxylic acids is 1. The highest BCUT2D eigenvalue weighted by atomic mass is 19.4. The highest BCUT2D eigenvalue weighted by molar-refractivity contribution is 5.79. The quantitative estimate of drug-likeness (QED) is 0.901. The predicted molar refractivity (Wildman–Crippen MR) is 73.6 cm³/mol. The number of hydrogen-bond donors (Lipinski definition) is 2. The lowest BCUT2D eigenvalue weighted by molar-refractivity contribution is -0.137.